The molecule has 1 atom stereocenters. The van der Waals surface area contributed by atoms with E-state index in [4.69, 9.17) is 5.73 Å². The number of hydrogen-bond donors (Lipinski definition) is 1. The van der Waals surface area contributed by atoms with Crippen LogP contribution in [-0.4, -0.2) is 55.8 Å². The molecule has 8 heteroatoms. The van der Waals surface area contributed by atoms with Crippen LogP contribution in [0.1, 0.15) is 42.3 Å². The molecule has 6 nitrogen and oxygen atoms in total. The lowest BCUT2D eigenvalue weighted by molar-refractivity contribution is 0.0746. The number of carbonyl (C=O) groups is 1. The third kappa shape index (κ3) is 3.37. The molecule has 1 unspecified atom stereocenters. The summed E-state index contributed by atoms with van der Waals surface area (Å²) in [5, 5.41) is 0. The van der Waals surface area contributed by atoms with Crippen molar-refractivity contribution in [3.05, 3.63) is 17.0 Å². The topological polar surface area (TPSA) is 83.7 Å². The minimum absolute atomic E-state index is 0.0724. The second-order valence-electron chi connectivity index (χ2n) is 6.74. The number of likely N-dealkylation sites (tertiary alicyclic amines) is 1. The lowest BCUT2D eigenvalue weighted by atomic mass is 10.0. The van der Waals surface area contributed by atoms with Gasteiger partial charge >= 0.3 is 0 Å². The van der Waals surface area contributed by atoms with Crippen LogP contribution in [0.4, 0.5) is 0 Å². The molecule has 0 aromatic carbocycles. The normalized spacial score (nSPS) is 23.8. The third-order valence-electron chi connectivity index (χ3n) is 5.04. The highest BCUT2D eigenvalue weighted by Crippen LogP contribution is 2.30. The molecule has 2 fully saturated rings. The largest absolute Gasteiger partial charge is 0.334 e. The van der Waals surface area contributed by atoms with Gasteiger partial charge in [-0.25, -0.2) is 8.42 Å². The summed E-state index contributed by atoms with van der Waals surface area (Å²) in [6.07, 6.45) is 3.66. The van der Waals surface area contributed by atoms with Crippen LogP contribution >= 0.6 is 11.3 Å². The molecule has 3 heterocycles. The number of rotatable bonds is 4. The molecular formula is C16H25N3O3S2. The van der Waals surface area contributed by atoms with Gasteiger partial charge in [-0.15, -0.1) is 11.3 Å². The van der Waals surface area contributed by atoms with Crippen molar-refractivity contribution in [1.82, 2.24) is 9.21 Å². The van der Waals surface area contributed by atoms with E-state index in [1.807, 2.05) is 0 Å². The van der Waals surface area contributed by atoms with Gasteiger partial charge in [-0.2, -0.15) is 4.31 Å². The number of nitrogens with zero attached hydrogens (tertiary/aromatic N) is 2. The minimum Gasteiger partial charge on any atom is -0.334 e. The van der Waals surface area contributed by atoms with Gasteiger partial charge in [0.15, 0.2) is 0 Å². The summed E-state index contributed by atoms with van der Waals surface area (Å²) in [5.74, 6) is 0.474. The fourth-order valence-corrected chi connectivity index (χ4v) is 6.30. The molecule has 0 saturated carbocycles. The van der Waals surface area contributed by atoms with Gasteiger partial charge in [-0.3, -0.25) is 4.79 Å². The number of hydrogen-bond acceptors (Lipinski definition) is 5. The summed E-state index contributed by atoms with van der Waals surface area (Å²) in [4.78, 5) is 14.9. The van der Waals surface area contributed by atoms with Crippen LogP contribution in [0.25, 0.3) is 0 Å². The fourth-order valence-electron chi connectivity index (χ4n) is 3.42. The van der Waals surface area contributed by atoms with Crippen LogP contribution in [0.2, 0.25) is 0 Å². The van der Waals surface area contributed by atoms with Crippen LogP contribution < -0.4 is 5.73 Å². The fraction of sp³-hybridized carbons (Fsp3) is 0.688. The average Bonchev–Trinajstić information content (AvgIpc) is 3.24. The standard InChI is InChI=1S/C16H25N3O3S2/c1-12-6-9-18(10-7-12)24(21,22)15-5-4-14(23-15)16(20)19-8-2-3-13(19)11-17/h4-5,12-13H,2-3,6-11,17H2,1H3. The van der Waals surface area contributed by atoms with Crippen LogP contribution in [-0.2, 0) is 10.0 Å². The Morgan fingerprint density at radius 2 is 1.96 bits per heavy atom. The van der Waals surface area contributed by atoms with E-state index >= 15 is 0 Å². The maximum absolute atomic E-state index is 12.8. The van der Waals surface area contributed by atoms with Gasteiger partial charge in [0.1, 0.15) is 4.21 Å². The summed E-state index contributed by atoms with van der Waals surface area (Å²) in [6.45, 7) is 4.42. The molecule has 0 bridgehead atoms. The van der Waals surface area contributed by atoms with E-state index in [0.717, 1.165) is 37.0 Å². The molecular weight excluding hydrogens is 346 g/mol. The summed E-state index contributed by atoms with van der Waals surface area (Å²) < 4.78 is 27.3. The highest BCUT2D eigenvalue weighted by atomic mass is 32.2. The number of thiophene rings is 1. The van der Waals surface area contributed by atoms with Gasteiger partial charge in [0, 0.05) is 32.2 Å². The van der Waals surface area contributed by atoms with Gasteiger partial charge in [-0.05, 0) is 43.7 Å². The van der Waals surface area contributed by atoms with Crippen molar-refractivity contribution in [3.63, 3.8) is 0 Å². The first-order valence-corrected chi connectivity index (χ1v) is 10.8. The molecule has 1 amide bonds. The van der Waals surface area contributed by atoms with Crippen LogP contribution in [0.15, 0.2) is 16.3 Å². The zero-order valence-corrected chi connectivity index (χ0v) is 15.6. The Morgan fingerprint density at radius 1 is 1.25 bits per heavy atom. The van der Waals surface area contributed by atoms with Crippen molar-refractivity contribution in [3.8, 4) is 0 Å². The molecule has 1 aromatic rings. The monoisotopic (exact) mass is 371 g/mol. The first-order chi connectivity index (χ1) is 11.4. The van der Waals surface area contributed by atoms with E-state index in [1.165, 1.54) is 0 Å². The number of nitrogens with two attached hydrogens (primary N) is 1. The van der Waals surface area contributed by atoms with E-state index in [2.05, 4.69) is 6.92 Å². The summed E-state index contributed by atoms with van der Waals surface area (Å²) in [6, 6.07) is 3.28. The van der Waals surface area contributed by atoms with E-state index in [9.17, 15) is 13.2 Å². The quantitative estimate of drug-likeness (QED) is 0.874. The van der Waals surface area contributed by atoms with Crippen molar-refractivity contribution in [2.24, 2.45) is 11.7 Å². The molecule has 134 valence electrons. The van der Waals surface area contributed by atoms with Gasteiger partial charge in [0.2, 0.25) is 0 Å². The van der Waals surface area contributed by atoms with E-state index < -0.39 is 10.0 Å². The summed E-state index contributed by atoms with van der Waals surface area (Å²) in [7, 11) is -3.48. The Bertz CT molecular complexity index is 693. The van der Waals surface area contributed by atoms with E-state index in [0.29, 0.717) is 37.0 Å². The van der Waals surface area contributed by atoms with Gasteiger partial charge in [0.25, 0.3) is 15.9 Å². The third-order valence-corrected chi connectivity index (χ3v) is 8.48. The second-order valence-corrected chi connectivity index (χ2v) is 9.98. The Labute approximate surface area is 147 Å². The average molecular weight is 372 g/mol. The molecule has 2 saturated heterocycles. The van der Waals surface area contributed by atoms with Crippen LogP contribution in [0, 0.1) is 5.92 Å². The molecule has 0 aliphatic carbocycles. The first kappa shape index (κ1) is 17.8. The number of sulfonamides is 1. The molecule has 2 aliphatic heterocycles. The predicted octanol–water partition coefficient (Wildman–Crippen LogP) is 1.73. The molecule has 24 heavy (non-hydrogen) atoms. The van der Waals surface area contributed by atoms with Gasteiger partial charge in [-0.1, -0.05) is 6.92 Å². The Balaban J connectivity index is 1.76. The van der Waals surface area contributed by atoms with Crippen LogP contribution in [0.5, 0.6) is 0 Å². The minimum atomic E-state index is -3.48. The Morgan fingerprint density at radius 3 is 2.62 bits per heavy atom. The summed E-state index contributed by atoms with van der Waals surface area (Å²) in [5.41, 5.74) is 5.73. The zero-order chi connectivity index (χ0) is 17.3. The van der Waals surface area contributed by atoms with Gasteiger partial charge < -0.3 is 10.6 Å². The second kappa shape index (κ2) is 7.11. The number of piperidine rings is 1. The molecule has 1 aromatic heterocycles. The first-order valence-electron chi connectivity index (χ1n) is 8.54. The number of carbonyl (C=O) groups excluding carboxylic acids is 1. The molecule has 2 aliphatic rings. The highest BCUT2D eigenvalue weighted by Gasteiger charge is 2.32. The molecule has 0 radical (unpaired) electrons. The van der Waals surface area contributed by atoms with Crippen molar-refractivity contribution in [2.75, 3.05) is 26.2 Å². The smallest absolute Gasteiger partial charge is 0.264 e. The lowest BCUT2D eigenvalue weighted by Gasteiger charge is -2.28. The maximum Gasteiger partial charge on any atom is 0.264 e. The van der Waals surface area contributed by atoms with E-state index in [1.54, 1.807) is 21.3 Å². The van der Waals surface area contributed by atoms with Crippen LogP contribution in [0.3, 0.4) is 0 Å². The van der Waals surface area contributed by atoms with Crippen molar-refractivity contribution >= 4 is 27.3 Å². The predicted molar refractivity (Wildman–Crippen MR) is 94.6 cm³/mol. The molecule has 2 N–H and O–H groups in total. The Hall–Kier alpha value is -0.960. The Kier molecular flexibility index (Phi) is 5.29. The van der Waals surface area contributed by atoms with E-state index in [-0.39, 0.29) is 16.2 Å². The lowest BCUT2D eigenvalue weighted by Crippen LogP contribution is -2.39. The van der Waals surface area contributed by atoms with Gasteiger partial charge in [0.05, 0.1) is 4.88 Å². The summed E-state index contributed by atoms with van der Waals surface area (Å²) >= 11 is 1.08. The zero-order valence-electron chi connectivity index (χ0n) is 14.0. The number of amides is 1. The van der Waals surface area contributed by atoms with Crippen molar-refractivity contribution in [1.29, 1.82) is 0 Å². The van der Waals surface area contributed by atoms with Crippen molar-refractivity contribution < 1.29 is 13.2 Å². The SMILES string of the molecule is CC1CCN(S(=O)(=O)c2ccc(C(=O)N3CCCC3CN)s2)CC1. The molecule has 0 spiro atoms. The van der Waals surface area contributed by atoms with Crippen molar-refractivity contribution in [2.45, 2.75) is 42.9 Å². The maximum atomic E-state index is 12.8. The highest BCUT2D eigenvalue weighted by molar-refractivity contribution is 7.91. The molecule has 3 rings (SSSR count).